The van der Waals surface area contributed by atoms with Crippen LogP contribution in [-0.4, -0.2) is 50.0 Å². The normalized spacial score (nSPS) is 14.6. The summed E-state index contributed by atoms with van der Waals surface area (Å²) in [7, 11) is 1.27. The van der Waals surface area contributed by atoms with Crippen LogP contribution in [0.4, 0.5) is 0 Å². The smallest absolute Gasteiger partial charge is 0.343 e. The molecule has 0 saturated carbocycles. The molecule has 1 aliphatic rings. The van der Waals surface area contributed by atoms with Crippen LogP contribution in [0.15, 0.2) is 55.9 Å². The number of fused-ring (bicyclic) bond motifs is 1. The number of rotatable bonds is 11. The number of aromatic nitrogens is 1. The Balaban J connectivity index is 1.89. The number of ether oxygens (including phenoxy) is 5. The Hall–Kier alpha value is -3.61. The maximum absolute atomic E-state index is 14.0. The summed E-state index contributed by atoms with van der Waals surface area (Å²) in [6, 6.07) is 7.66. The van der Waals surface area contributed by atoms with Gasteiger partial charge in [-0.2, -0.15) is 0 Å². The highest BCUT2D eigenvalue weighted by molar-refractivity contribution is 9.10. The van der Waals surface area contributed by atoms with E-state index in [9.17, 15) is 14.4 Å². The van der Waals surface area contributed by atoms with E-state index in [-0.39, 0.29) is 24.3 Å². The first-order valence-corrected chi connectivity index (χ1v) is 15.4. The highest BCUT2D eigenvalue weighted by atomic mass is 79.9. The molecule has 0 aliphatic carbocycles. The monoisotopic (exact) mass is 692 g/mol. The molecular formula is C30H30BrClN2O8S. The second-order valence-electron chi connectivity index (χ2n) is 9.05. The van der Waals surface area contributed by atoms with E-state index >= 15 is 0 Å². The van der Waals surface area contributed by atoms with Gasteiger partial charge in [0.1, 0.15) is 0 Å². The van der Waals surface area contributed by atoms with Gasteiger partial charge in [-0.15, -0.1) is 0 Å². The molecule has 1 aromatic heterocycles. The van der Waals surface area contributed by atoms with E-state index in [1.54, 1.807) is 51.1 Å². The lowest BCUT2D eigenvalue weighted by Crippen LogP contribution is -2.40. The Kier molecular flexibility index (Phi) is 10.7. The summed E-state index contributed by atoms with van der Waals surface area (Å²) < 4.78 is 29.6. The third-order valence-electron chi connectivity index (χ3n) is 6.28. The van der Waals surface area contributed by atoms with Gasteiger partial charge in [0.25, 0.3) is 5.56 Å². The third kappa shape index (κ3) is 6.97. The van der Waals surface area contributed by atoms with Crippen LogP contribution >= 0.6 is 38.9 Å². The predicted molar refractivity (Wildman–Crippen MR) is 166 cm³/mol. The van der Waals surface area contributed by atoms with Gasteiger partial charge in [-0.25, -0.2) is 14.6 Å². The summed E-state index contributed by atoms with van der Waals surface area (Å²) in [6.45, 7) is 7.66. The summed E-state index contributed by atoms with van der Waals surface area (Å²) in [6.07, 6.45) is 1.71. The molecule has 0 fully saturated rings. The van der Waals surface area contributed by atoms with Crippen molar-refractivity contribution in [3.8, 4) is 17.2 Å². The Morgan fingerprint density at radius 1 is 1.07 bits per heavy atom. The molecule has 3 aromatic rings. The van der Waals surface area contributed by atoms with E-state index < -0.39 is 18.0 Å². The summed E-state index contributed by atoms with van der Waals surface area (Å²) in [5, 5.41) is 0.395. The van der Waals surface area contributed by atoms with E-state index in [1.165, 1.54) is 23.0 Å². The maximum Gasteiger partial charge on any atom is 0.343 e. The van der Waals surface area contributed by atoms with Crippen molar-refractivity contribution in [3.05, 3.63) is 81.9 Å². The molecule has 1 aliphatic heterocycles. The van der Waals surface area contributed by atoms with Crippen molar-refractivity contribution < 1.29 is 33.3 Å². The van der Waals surface area contributed by atoms with Crippen molar-refractivity contribution in [2.24, 2.45) is 4.99 Å². The van der Waals surface area contributed by atoms with Crippen molar-refractivity contribution in [1.29, 1.82) is 0 Å². The van der Waals surface area contributed by atoms with E-state index in [0.717, 1.165) is 0 Å². The molecule has 0 saturated heterocycles. The highest BCUT2D eigenvalue weighted by Crippen LogP contribution is 2.37. The van der Waals surface area contributed by atoms with Crippen LogP contribution in [0.5, 0.6) is 17.2 Å². The summed E-state index contributed by atoms with van der Waals surface area (Å²) >= 11 is 11.1. The average molecular weight is 694 g/mol. The molecule has 10 nitrogen and oxygen atoms in total. The molecule has 0 spiro atoms. The van der Waals surface area contributed by atoms with Crippen LogP contribution in [-0.2, 0) is 19.1 Å². The zero-order valence-electron chi connectivity index (χ0n) is 24.2. The quantitative estimate of drug-likeness (QED) is 0.269. The second kappa shape index (κ2) is 14.2. The van der Waals surface area contributed by atoms with Crippen LogP contribution in [0.3, 0.4) is 0 Å². The van der Waals surface area contributed by atoms with Crippen LogP contribution in [0.1, 0.15) is 44.9 Å². The van der Waals surface area contributed by atoms with E-state index in [1.807, 2.05) is 13.0 Å². The molecule has 0 unspecified atom stereocenters. The fourth-order valence-electron chi connectivity index (χ4n) is 4.48. The van der Waals surface area contributed by atoms with Crippen molar-refractivity contribution >= 4 is 56.9 Å². The number of carbonyl (C=O) groups is 2. The summed E-state index contributed by atoms with van der Waals surface area (Å²) in [4.78, 5) is 43.9. The first-order chi connectivity index (χ1) is 20.6. The molecule has 1 atom stereocenters. The molecule has 43 heavy (non-hydrogen) atoms. The predicted octanol–water partition coefficient (Wildman–Crippen LogP) is 4.56. The molecule has 0 amide bonds. The number of methoxy groups -OCH3 is 1. The SMILES string of the molecule is CCOC(=O)C1=C(C)N=c2s/c(=C\c3cc(Cl)c(OCC)c(Br)c3)c(=O)n2[C@@H]1c1ccc(OCC(=O)OC)c(OCC)c1. The standard InChI is InChI=1S/C30H30BrClN2O8S/c1-6-39-22-14-18(9-10-21(22)42-15-24(35)38-5)26-25(29(37)41-8-3)16(4)33-30-34(26)28(36)23(43-30)13-17-11-19(31)27(40-7-2)20(32)12-17/h9-14,26H,6-8,15H2,1-5H3/b23-13-/t26-/m1/s1. The van der Waals surface area contributed by atoms with Crippen LogP contribution in [0.25, 0.3) is 6.08 Å². The largest absolute Gasteiger partial charge is 0.491 e. The van der Waals surface area contributed by atoms with Crippen molar-refractivity contribution in [2.45, 2.75) is 33.7 Å². The minimum atomic E-state index is -0.873. The molecule has 2 heterocycles. The topological polar surface area (TPSA) is 115 Å². The number of carbonyl (C=O) groups excluding carboxylic acids is 2. The minimum absolute atomic E-state index is 0.143. The number of halogens is 2. The zero-order valence-corrected chi connectivity index (χ0v) is 27.4. The fourth-order valence-corrected chi connectivity index (χ4v) is 6.52. The molecule has 228 valence electrons. The zero-order chi connectivity index (χ0) is 31.3. The highest BCUT2D eigenvalue weighted by Gasteiger charge is 2.34. The van der Waals surface area contributed by atoms with Gasteiger partial charge in [0.05, 0.1) is 58.3 Å². The Morgan fingerprint density at radius 3 is 2.47 bits per heavy atom. The van der Waals surface area contributed by atoms with Gasteiger partial charge in [-0.1, -0.05) is 29.0 Å². The van der Waals surface area contributed by atoms with Gasteiger partial charge in [-0.3, -0.25) is 9.36 Å². The Morgan fingerprint density at radius 2 is 1.81 bits per heavy atom. The van der Waals surface area contributed by atoms with Crippen LogP contribution in [0.2, 0.25) is 5.02 Å². The summed E-state index contributed by atoms with van der Waals surface area (Å²) in [5.74, 6) is 0.0102. The molecule has 13 heteroatoms. The number of thiazole rings is 1. The molecule has 0 N–H and O–H groups in total. The molecule has 0 radical (unpaired) electrons. The number of hydrogen-bond donors (Lipinski definition) is 0. The fraction of sp³-hybridized carbons (Fsp3) is 0.333. The minimum Gasteiger partial charge on any atom is -0.491 e. The van der Waals surface area contributed by atoms with Gasteiger partial charge in [0.15, 0.2) is 28.7 Å². The number of esters is 2. The number of nitrogens with zero attached hydrogens (tertiary/aromatic N) is 2. The molecule has 4 rings (SSSR count). The van der Waals surface area contributed by atoms with Crippen molar-refractivity contribution in [3.63, 3.8) is 0 Å². The van der Waals surface area contributed by atoms with Gasteiger partial charge in [0, 0.05) is 0 Å². The van der Waals surface area contributed by atoms with Crippen LogP contribution < -0.4 is 29.1 Å². The van der Waals surface area contributed by atoms with Crippen molar-refractivity contribution in [2.75, 3.05) is 33.5 Å². The first kappa shape index (κ1) is 32.3. The maximum atomic E-state index is 14.0. The first-order valence-electron chi connectivity index (χ1n) is 13.4. The molecule has 2 aromatic carbocycles. The molecule has 0 bridgehead atoms. The van der Waals surface area contributed by atoms with Crippen LogP contribution in [0, 0.1) is 0 Å². The van der Waals surface area contributed by atoms with Gasteiger partial charge < -0.3 is 23.7 Å². The van der Waals surface area contributed by atoms with Crippen molar-refractivity contribution in [1.82, 2.24) is 4.57 Å². The Labute approximate surface area is 265 Å². The lowest BCUT2D eigenvalue weighted by molar-refractivity contribution is -0.143. The van der Waals surface area contributed by atoms with Gasteiger partial charge in [0.2, 0.25) is 0 Å². The lowest BCUT2D eigenvalue weighted by Gasteiger charge is -2.25. The number of benzene rings is 2. The third-order valence-corrected chi connectivity index (χ3v) is 8.13. The number of allylic oxidation sites excluding steroid dienone is 1. The Bertz CT molecular complexity index is 1740. The second-order valence-corrected chi connectivity index (χ2v) is 11.3. The number of hydrogen-bond acceptors (Lipinski definition) is 10. The van der Waals surface area contributed by atoms with Gasteiger partial charge >= 0.3 is 11.9 Å². The average Bonchev–Trinajstić information content (AvgIpc) is 3.27. The van der Waals surface area contributed by atoms with Gasteiger partial charge in [-0.05, 0) is 85.1 Å². The van der Waals surface area contributed by atoms with E-state index in [2.05, 4.69) is 25.7 Å². The van der Waals surface area contributed by atoms with E-state index in [0.29, 0.717) is 66.1 Å². The summed E-state index contributed by atoms with van der Waals surface area (Å²) in [5.41, 5.74) is 1.53. The van der Waals surface area contributed by atoms with E-state index in [4.69, 9.17) is 30.5 Å². The molecular weight excluding hydrogens is 664 g/mol. The lowest BCUT2D eigenvalue weighted by atomic mass is 9.95.